The van der Waals surface area contributed by atoms with Gasteiger partial charge in [-0.05, 0) is 72.4 Å². The number of alkyl halides is 3. The van der Waals surface area contributed by atoms with E-state index in [1.807, 2.05) is 43.0 Å². The molecule has 2 aliphatic rings. The summed E-state index contributed by atoms with van der Waals surface area (Å²) in [5.41, 5.74) is 4.74. The van der Waals surface area contributed by atoms with Crippen molar-refractivity contribution in [1.82, 2.24) is 20.1 Å². The van der Waals surface area contributed by atoms with Crippen molar-refractivity contribution in [1.29, 1.82) is 0 Å². The second kappa shape index (κ2) is 13.2. The second-order valence-corrected chi connectivity index (χ2v) is 12.7. The number of aliphatic imine (C=N–C) groups is 1. The molecule has 0 bridgehead atoms. The summed E-state index contributed by atoms with van der Waals surface area (Å²) in [4.78, 5) is 23.9. The molecule has 1 aromatic heterocycles. The van der Waals surface area contributed by atoms with E-state index in [1.165, 1.54) is 59.2 Å². The number of anilines is 1. The summed E-state index contributed by atoms with van der Waals surface area (Å²) < 4.78 is 56.8. The molecule has 2 fully saturated rings. The molecule has 2 heterocycles. The Kier molecular flexibility index (Phi) is 9.09. The normalized spacial score (nSPS) is 19.2. The number of rotatable bonds is 7. The number of nitrogens with one attached hydrogen (secondary N) is 1. The average Bonchev–Trinajstić information content (AvgIpc) is 3.78. The van der Waals surface area contributed by atoms with E-state index >= 15 is 0 Å². The first-order valence-corrected chi connectivity index (χ1v) is 16.1. The molecule has 3 aromatic carbocycles. The van der Waals surface area contributed by atoms with E-state index in [0.29, 0.717) is 22.4 Å². The van der Waals surface area contributed by atoms with Gasteiger partial charge in [-0.15, -0.1) is 18.3 Å². The zero-order valence-electron chi connectivity index (χ0n) is 25.7. The van der Waals surface area contributed by atoms with Crippen LogP contribution in [0.1, 0.15) is 56.1 Å². The van der Waals surface area contributed by atoms with E-state index in [1.54, 1.807) is 6.07 Å². The lowest BCUT2D eigenvalue weighted by Gasteiger charge is -2.24. The fourth-order valence-corrected chi connectivity index (χ4v) is 6.90. The number of amides is 2. The topological polar surface area (TPSA) is 84.6 Å². The van der Waals surface area contributed by atoms with Crippen molar-refractivity contribution in [2.75, 3.05) is 10.7 Å². The molecule has 0 spiro atoms. The molecule has 8 nitrogen and oxygen atoms in total. The fourth-order valence-electron chi connectivity index (χ4n) is 5.97. The van der Waals surface area contributed by atoms with E-state index < -0.39 is 12.4 Å². The highest BCUT2D eigenvalue weighted by Crippen LogP contribution is 2.38. The Morgan fingerprint density at radius 3 is 2.53 bits per heavy atom. The number of amidine groups is 1. The molecular weight excluding hydrogens is 632 g/mol. The van der Waals surface area contributed by atoms with E-state index in [-0.39, 0.29) is 29.4 Å². The maximum atomic E-state index is 14.0. The first-order chi connectivity index (χ1) is 22.4. The van der Waals surface area contributed by atoms with Crippen molar-refractivity contribution in [2.45, 2.75) is 57.3 Å². The van der Waals surface area contributed by atoms with Gasteiger partial charge in [0.1, 0.15) is 17.9 Å². The number of aromatic nitrogens is 3. The molecular formula is C34H32F4N6O2S. The Morgan fingerprint density at radius 2 is 1.83 bits per heavy atom. The summed E-state index contributed by atoms with van der Waals surface area (Å²) in [6.45, 7) is 8.14. The van der Waals surface area contributed by atoms with Gasteiger partial charge in [-0.1, -0.05) is 62.9 Å². The van der Waals surface area contributed by atoms with Crippen molar-refractivity contribution in [3.8, 4) is 22.8 Å². The maximum Gasteiger partial charge on any atom is 0.573 e. The lowest BCUT2D eigenvalue weighted by molar-refractivity contribution is -0.274. The number of urea groups is 1. The number of benzene rings is 3. The summed E-state index contributed by atoms with van der Waals surface area (Å²) in [6.07, 6.45) is -0.583. The molecule has 1 saturated carbocycles. The van der Waals surface area contributed by atoms with E-state index in [0.717, 1.165) is 47.3 Å². The number of carbonyl (C=O) groups is 1. The minimum atomic E-state index is -4.76. The summed E-state index contributed by atoms with van der Waals surface area (Å²) in [5, 5.41) is 8.11. The second-order valence-electron chi connectivity index (χ2n) is 11.7. The number of halogens is 4. The molecule has 1 N–H and O–H groups in total. The quantitative estimate of drug-likeness (QED) is 0.199. The van der Waals surface area contributed by atoms with Crippen molar-refractivity contribution >= 4 is 28.6 Å². The predicted molar refractivity (Wildman–Crippen MR) is 174 cm³/mol. The lowest BCUT2D eigenvalue weighted by Crippen LogP contribution is -2.36. The van der Waals surface area contributed by atoms with Crippen LogP contribution >= 0.6 is 11.8 Å². The van der Waals surface area contributed by atoms with Gasteiger partial charge in [0.25, 0.3) is 0 Å². The van der Waals surface area contributed by atoms with Crippen molar-refractivity contribution in [2.24, 2.45) is 4.99 Å². The largest absolute Gasteiger partial charge is 0.573 e. The smallest absolute Gasteiger partial charge is 0.406 e. The zero-order chi connectivity index (χ0) is 33.3. The Hall–Kier alpha value is -4.65. The average molecular weight is 665 g/mol. The summed E-state index contributed by atoms with van der Waals surface area (Å²) in [7, 11) is 0. The number of carbonyl (C=O) groups excluding carboxylic acids is 1. The zero-order valence-corrected chi connectivity index (χ0v) is 26.5. The molecule has 2 atom stereocenters. The summed E-state index contributed by atoms with van der Waals surface area (Å²) in [6, 6.07) is 17.3. The van der Waals surface area contributed by atoms with E-state index in [9.17, 15) is 22.4 Å². The molecule has 2 amide bonds. The molecule has 244 valence electrons. The van der Waals surface area contributed by atoms with Gasteiger partial charge in [-0.2, -0.15) is 4.99 Å². The van der Waals surface area contributed by atoms with Crippen LogP contribution in [0.5, 0.6) is 5.75 Å². The Bertz CT molecular complexity index is 1800. The maximum absolute atomic E-state index is 14.0. The van der Waals surface area contributed by atoms with Crippen LogP contribution in [0.25, 0.3) is 17.1 Å². The van der Waals surface area contributed by atoms with E-state index in [4.69, 9.17) is 0 Å². The van der Waals surface area contributed by atoms with Gasteiger partial charge >= 0.3 is 12.4 Å². The van der Waals surface area contributed by atoms with Gasteiger partial charge < -0.3 is 10.1 Å². The molecule has 1 aliphatic heterocycles. The molecule has 47 heavy (non-hydrogen) atoms. The molecule has 4 aromatic rings. The van der Waals surface area contributed by atoms with Crippen LogP contribution in [-0.4, -0.2) is 44.1 Å². The first kappa shape index (κ1) is 32.3. The van der Waals surface area contributed by atoms with Gasteiger partial charge in [-0.3, -0.25) is 4.90 Å². The Morgan fingerprint density at radius 1 is 1.09 bits per heavy atom. The molecule has 2 unspecified atom stereocenters. The highest BCUT2D eigenvalue weighted by molar-refractivity contribution is 8.14. The van der Waals surface area contributed by atoms with Crippen LogP contribution in [-0.2, 0) is 0 Å². The van der Waals surface area contributed by atoms with Crippen LogP contribution in [0.4, 0.5) is 28.0 Å². The number of ether oxygens (including phenoxy) is 1. The van der Waals surface area contributed by atoms with Gasteiger partial charge in [-0.25, -0.2) is 18.9 Å². The van der Waals surface area contributed by atoms with Crippen LogP contribution < -0.4 is 15.0 Å². The van der Waals surface area contributed by atoms with Gasteiger partial charge in [0.05, 0.1) is 11.4 Å². The molecule has 0 radical (unpaired) electrons. The highest BCUT2D eigenvalue weighted by Gasteiger charge is 2.33. The van der Waals surface area contributed by atoms with Gasteiger partial charge in [0.2, 0.25) is 0 Å². The van der Waals surface area contributed by atoms with Gasteiger partial charge in [0.15, 0.2) is 11.0 Å². The molecule has 1 aliphatic carbocycles. The van der Waals surface area contributed by atoms with Gasteiger partial charge in [0, 0.05) is 29.0 Å². The molecule has 13 heteroatoms. The number of hydrogen-bond acceptors (Lipinski definition) is 5. The summed E-state index contributed by atoms with van der Waals surface area (Å²) >= 11 is 1.43. The minimum absolute atomic E-state index is 0.0637. The van der Waals surface area contributed by atoms with Crippen molar-refractivity contribution < 1.29 is 27.1 Å². The van der Waals surface area contributed by atoms with Crippen LogP contribution in [0.15, 0.2) is 90.3 Å². The standard InChI is InChI=1S/C34H32F4N6O2S/c1-20(2)28-17-24(35)11-16-30(28)44-21(3)18-47-33(44)41-32(45)40-29-6-4-5-27(29)22-7-9-23(10-8-22)31-39-19-43(42-31)25-12-14-26(15-13-25)46-34(36,37)38/h7-17,19-20,27,29H,3-6,18H2,1-2H3,(H,40,45). The van der Waals surface area contributed by atoms with Crippen LogP contribution in [0.2, 0.25) is 0 Å². The minimum Gasteiger partial charge on any atom is -0.406 e. The third-order valence-corrected chi connectivity index (χ3v) is 9.18. The van der Waals surface area contributed by atoms with Crippen LogP contribution in [0, 0.1) is 5.82 Å². The predicted octanol–water partition coefficient (Wildman–Crippen LogP) is 8.56. The third-order valence-electron chi connectivity index (χ3n) is 8.17. The SMILES string of the molecule is C=C1CSC(=NC(=O)NC2CCCC2c2ccc(-c3ncn(-c4ccc(OC(F)(F)F)cc4)n3)cc2)N1c1ccc(F)cc1C(C)C. The Balaban J connectivity index is 1.13. The van der Waals surface area contributed by atoms with Crippen molar-refractivity contribution in [3.05, 3.63) is 102 Å². The highest BCUT2D eigenvalue weighted by atomic mass is 32.2. The third kappa shape index (κ3) is 7.35. The molecule has 1 saturated heterocycles. The first-order valence-electron chi connectivity index (χ1n) is 15.1. The lowest BCUT2D eigenvalue weighted by atomic mass is 9.93. The number of thioether (sulfide) groups is 1. The molecule has 6 rings (SSSR count). The van der Waals surface area contributed by atoms with Crippen LogP contribution in [0.3, 0.4) is 0 Å². The monoisotopic (exact) mass is 664 g/mol. The number of nitrogens with zero attached hydrogens (tertiary/aromatic N) is 5. The number of hydrogen-bond donors (Lipinski definition) is 1. The Labute approximate surface area is 273 Å². The fraction of sp³-hybridized carbons (Fsp3) is 0.294. The van der Waals surface area contributed by atoms with E-state index in [2.05, 4.69) is 31.7 Å². The summed E-state index contributed by atoms with van der Waals surface area (Å²) in [5.74, 6) is 0.569. The van der Waals surface area contributed by atoms with Crippen molar-refractivity contribution in [3.63, 3.8) is 0 Å².